The lowest BCUT2D eigenvalue weighted by Gasteiger charge is -2.09. The largest absolute Gasteiger partial charge is 0.338 e. The van der Waals surface area contributed by atoms with Crippen molar-refractivity contribution in [2.45, 2.75) is 27.3 Å². The Morgan fingerprint density at radius 1 is 1.10 bits per heavy atom. The Bertz CT molecular complexity index is 849. The second-order valence-electron chi connectivity index (χ2n) is 5.45. The summed E-state index contributed by atoms with van der Waals surface area (Å²) < 4.78 is 2.20. The van der Waals surface area contributed by atoms with Gasteiger partial charge >= 0.3 is 0 Å². The van der Waals surface area contributed by atoms with Crippen molar-refractivity contribution in [3.8, 4) is 6.07 Å². The molecular weight excluding hydrogens is 258 g/mol. The molecule has 0 radical (unpaired) electrons. The molecule has 3 rings (SSSR count). The molecule has 3 aromatic rings. The Morgan fingerprint density at radius 3 is 2.48 bits per heavy atom. The molecule has 0 N–H and O–H groups in total. The van der Waals surface area contributed by atoms with Crippen LogP contribution < -0.4 is 0 Å². The summed E-state index contributed by atoms with van der Waals surface area (Å²) >= 11 is 0. The topological polar surface area (TPSA) is 41.6 Å². The second kappa shape index (κ2) is 5.06. The summed E-state index contributed by atoms with van der Waals surface area (Å²) in [5, 5.41) is 10.5. The number of fused-ring (bicyclic) bond motifs is 1. The molecule has 3 nitrogen and oxygen atoms in total. The zero-order valence-corrected chi connectivity index (χ0v) is 12.5. The molecule has 0 fully saturated rings. The van der Waals surface area contributed by atoms with E-state index in [1.54, 1.807) is 6.20 Å². The molecule has 0 unspecified atom stereocenters. The minimum Gasteiger partial charge on any atom is -0.338 e. The van der Waals surface area contributed by atoms with Gasteiger partial charge in [-0.05, 0) is 38.0 Å². The molecular formula is C18H17N3. The van der Waals surface area contributed by atoms with Crippen LogP contribution in [0, 0.1) is 32.1 Å². The van der Waals surface area contributed by atoms with Crippen LogP contribution in [-0.4, -0.2) is 9.55 Å². The van der Waals surface area contributed by atoms with E-state index in [0.717, 1.165) is 17.4 Å². The molecule has 3 heteroatoms. The molecule has 104 valence electrons. The van der Waals surface area contributed by atoms with Crippen LogP contribution in [0.2, 0.25) is 0 Å². The van der Waals surface area contributed by atoms with E-state index < -0.39 is 0 Å². The van der Waals surface area contributed by atoms with Crippen LogP contribution in [0.5, 0.6) is 0 Å². The summed E-state index contributed by atoms with van der Waals surface area (Å²) in [6.07, 6.45) is 1.71. The van der Waals surface area contributed by atoms with Gasteiger partial charge in [0.05, 0.1) is 5.52 Å². The molecule has 0 amide bonds. The van der Waals surface area contributed by atoms with Gasteiger partial charge in [-0.25, -0.2) is 4.98 Å². The summed E-state index contributed by atoms with van der Waals surface area (Å²) in [5.74, 6) is 0. The molecule has 0 aliphatic carbocycles. The Labute approximate surface area is 124 Å². The Balaban J connectivity index is 2.20. The van der Waals surface area contributed by atoms with Crippen LogP contribution in [0.1, 0.15) is 28.1 Å². The predicted molar refractivity (Wildman–Crippen MR) is 84.2 cm³/mol. The normalized spacial score (nSPS) is 10.8. The molecule has 0 saturated heterocycles. The quantitative estimate of drug-likeness (QED) is 0.712. The Hall–Kier alpha value is -2.60. The minimum atomic E-state index is 0.496. The fourth-order valence-electron chi connectivity index (χ4n) is 2.75. The third kappa shape index (κ3) is 2.19. The van der Waals surface area contributed by atoms with E-state index in [4.69, 9.17) is 0 Å². The lowest BCUT2D eigenvalue weighted by molar-refractivity contribution is 0.798. The first-order chi connectivity index (χ1) is 10.1. The molecule has 2 aromatic heterocycles. The van der Waals surface area contributed by atoms with Gasteiger partial charge in [0.15, 0.2) is 5.69 Å². The van der Waals surface area contributed by atoms with Crippen molar-refractivity contribution in [2.24, 2.45) is 0 Å². The van der Waals surface area contributed by atoms with E-state index in [1.165, 1.54) is 22.4 Å². The number of nitriles is 1. The van der Waals surface area contributed by atoms with Crippen molar-refractivity contribution in [1.82, 2.24) is 9.55 Å². The van der Waals surface area contributed by atoms with Crippen molar-refractivity contribution in [3.05, 3.63) is 64.6 Å². The lowest BCUT2D eigenvalue weighted by atomic mass is 10.1. The molecule has 2 heterocycles. The van der Waals surface area contributed by atoms with Gasteiger partial charge in [-0.1, -0.05) is 29.8 Å². The average Bonchev–Trinajstić information content (AvgIpc) is 2.75. The first kappa shape index (κ1) is 13.4. The molecule has 0 saturated carbocycles. The summed E-state index contributed by atoms with van der Waals surface area (Å²) in [6, 6.07) is 12.7. The first-order valence-electron chi connectivity index (χ1n) is 7.02. The van der Waals surface area contributed by atoms with Crippen LogP contribution >= 0.6 is 0 Å². The van der Waals surface area contributed by atoms with Crippen LogP contribution in [0.25, 0.3) is 10.9 Å². The number of hydrogen-bond donors (Lipinski definition) is 0. The van der Waals surface area contributed by atoms with Crippen molar-refractivity contribution in [3.63, 3.8) is 0 Å². The number of nitrogens with zero attached hydrogens (tertiary/aromatic N) is 3. The summed E-state index contributed by atoms with van der Waals surface area (Å²) in [4.78, 5) is 4.21. The molecule has 0 aliphatic rings. The van der Waals surface area contributed by atoms with E-state index >= 15 is 0 Å². The molecule has 0 spiro atoms. The molecule has 1 aromatic carbocycles. The second-order valence-corrected chi connectivity index (χ2v) is 5.45. The van der Waals surface area contributed by atoms with E-state index in [1.807, 2.05) is 6.07 Å². The zero-order valence-electron chi connectivity index (χ0n) is 12.5. The smallest absolute Gasteiger partial charge is 0.164 e. The maximum atomic E-state index is 9.34. The fourth-order valence-corrected chi connectivity index (χ4v) is 2.75. The fraction of sp³-hybridized carbons (Fsp3) is 0.222. The highest BCUT2D eigenvalue weighted by Crippen LogP contribution is 2.27. The third-order valence-corrected chi connectivity index (χ3v) is 4.11. The number of aryl methyl sites for hydroxylation is 2. The molecule has 0 bridgehead atoms. The number of pyridine rings is 1. The van der Waals surface area contributed by atoms with Crippen LogP contribution in [0.4, 0.5) is 0 Å². The van der Waals surface area contributed by atoms with E-state index in [-0.39, 0.29) is 0 Å². The summed E-state index contributed by atoms with van der Waals surface area (Å²) in [6.45, 7) is 7.05. The van der Waals surface area contributed by atoms with E-state index in [2.05, 4.69) is 60.7 Å². The maximum Gasteiger partial charge on any atom is 0.164 e. The maximum absolute atomic E-state index is 9.34. The standard InChI is InChI=1S/C18H17N3/c1-12-4-6-15(7-5-12)11-21-14(3)13(2)16-8-9-20-17(10-19)18(16)21/h4-9H,11H2,1-3H3. The first-order valence-corrected chi connectivity index (χ1v) is 7.02. The zero-order chi connectivity index (χ0) is 15.0. The Morgan fingerprint density at radius 2 is 1.81 bits per heavy atom. The van der Waals surface area contributed by atoms with Crippen molar-refractivity contribution >= 4 is 10.9 Å². The van der Waals surface area contributed by atoms with Gasteiger partial charge in [0, 0.05) is 23.8 Å². The summed E-state index contributed by atoms with van der Waals surface area (Å²) in [5.41, 5.74) is 6.33. The lowest BCUT2D eigenvalue weighted by Crippen LogP contribution is -2.03. The number of benzene rings is 1. The monoisotopic (exact) mass is 275 g/mol. The van der Waals surface area contributed by atoms with Crippen molar-refractivity contribution in [2.75, 3.05) is 0 Å². The van der Waals surface area contributed by atoms with Crippen LogP contribution in [-0.2, 0) is 6.54 Å². The molecule has 0 atom stereocenters. The highest BCUT2D eigenvalue weighted by molar-refractivity contribution is 5.88. The van der Waals surface area contributed by atoms with Crippen LogP contribution in [0.15, 0.2) is 36.5 Å². The van der Waals surface area contributed by atoms with Gasteiger partial charge in [0.1, 0.15) is 6.07 Å². The molecule has 0 aliphatic heterocycles. The van der Waals surface area contributed by atoms with Gasteiger partial charge in [0.25, 0.3) is 0 Å². The Kier molecular flexibility index (Phi) is 3.23. The van der Waals surface area contributed by atoms with E-state index in [9.17, 15) is 5.26 Å². The van der Waals surface area contributed by atoms with Crippen molar-refractivity contribution < 1.29 is 0 Å². The predicted octanol–water partition coefficient (Wildman–Crippen LogP) is 3.88. The van der Waals surface area contributed by atoms with Gasteiger partial charge < -0.3 is 4.57 Å². The van der Waals surface area contributed by atoms with Crippen LogP contribution in [0.3, 0.4) is 0 Å². The molecule has 21 heavy (non-hydrogen) atoms. The van der Waals surface area contributed by atoms with Gasteiger partial charge in [-0.3, -0.25) is 0 Å². The SMILES string of the molecule is Cc1ccc(Cn2c(C)c(C)c3ccnc(C#N)c32)cc1. The van der Waals surface area contributed by atoms with Crippen molar-refractivity contribution in [1.29, 1.82) is 5.26 Å². The number of rotatable bonds is 2. The highest BCUT2D eigenvalue weighted by atomic mass is 15.0. The van der Waals surface area contributed by atoms with Gasteiger partial charge in [-0.15, -0.1) is 0 Å². The van der Waals surface area contributed by atoms with E-state index in [0.29, 0.717) is 5.69 Å². The number of hydrogen-bond acceptors (Lipinski definition) is 2. The summed E-state index contributed by atoms with van der Waals surface area (Å²) in [7, 11) is 0. The average molecular weight is 275 g/mol. The third-order valence-electron chi connectivity index (χ3n) is 4.11. The number of aromatic nitrogens is 2. The van der Waals surface area contributed by atoms with Gasteiger partial charge in [0.2, 0.25) is 0 Å². The van der Waals surface area contributed by atoms with Gasteiger partial charge in [-0.2, -0.15) is 5.26 Å². The minimum absolute atomic E-state index is 0.496. The highest BCUT2D eigenvalue weighted by Gasteiger charge is 2.15.